The van der Waals surface area contributed by atoms with Crippen molar-refractivity contribution in [2.24, 2.45) is 0 Å². The molecule has 2 N–H and O–H groups in total. The SMILES string of the molecule is Nc1ccccc1C(=O)Cc1ccc(Cl)cc1. The van der Waals surface area contributed by atoms with E-state index in [0.29, 0.717) is 22.7 Å². The number of halogens is 1. The zero-order valence-corrected chi connectivity index (χ0v) is 9.95. The quantitative estimate of drug-likeness (QED) is 0.666. The Morgan fingerprint density at radius 1 is 1.06 bits per heavy atom. The summed E-state index contributed by atoms with van der Waals surface area (Å²) in [6, 6.07) is 14.3. The van der Waals surface area contributed by atoms with Gasteiger partial charge in [0.1, 0.15) is 0 Å². The molecule has 0 aliphatic carbocycles. The van der Waals surface area contributed by atoms with E-state index in [1.165, 1.54) is 0 Å². The number of nitrogen functional groups attached to an aromatic ring is 1. The van der Waals surface area contributed by atoms with Gasteiger partial charge in [-0.2, -0.15) is 0 Å². The summed E-state index contributed by atoms with van der Waals surface area (Å²) >= 11 is 5.79. The standard InChI is InChI=1S/C14H12ClNO/c15-11-7-5-10(6-8-11)9-14(17)12-3-1-2-4-13(12)16/h1-8H,9,16H2. The molecule has 0 fully saturated rings. The normalized spacial score (nSPS) is 10.2. The molecule has 0 spiro atoms. The molecule has 0 saturated carbocycles. The second kappa shape index (κ2) is 5.02. The van der Waals surface area contributed by atoms with Crippen molar-refractivity contribution in [3.8, 4) is 0 Å². The summed E-state index contributed by atoms with van der Waals surface area (Å²) in [5.74, 6) is 0.0189. The van der Waals surface area contributed by atoms with Crippen molar-refractivity contribution < 1.29 is 4.79 Å². The molecule has 0 saturated heterocycles. The van der Waals surface area contributed by atoms with Crippen LogP contribution in [-0.2, 0) is 6.42 Å². The van der Waals surface area contributed by atoms with Crippen molar-refractivity contribution in [2.45, 2.75) is 6.42 Å². The van der Waals surface area contributed by atoms with Gasteiger partial charge in [0, 0.05) is 22.7 Å². The fraction of sp³-hybridized carbons (Fsp3) is 0.0714. The first-order valence-corrected chi connectivity index (χ1v) is 5.67. The van der Waals surface area contributed by atoms with E-state index in [1.54, 1.807) is 24.3 Å². The monoisotopic (exact) mass is 245 g/mol. The molecule has 2 aromatic carbocycles. The molecular weight excluding hydrogens is 234 g/mol. The molecule has 17 heavy (non-hydrogen) atoms. The smallest absolute Gasteiger partial charge is 0.169 e. The molecule has 0 unspecified atom stereocenters. The van der Waals surface area contributed by atoms with E-state index in [-0.39, 0.29) is 5.78 Å². The molecule has 0 aromatic heterocycles. The van der Waals surface area contributed by atoms with Crippen LogP contribution >= 0.6 is 11.6 Å². The first kappa shape index (κ1) is 11.7. The molecule has 0 aliphatic heterocycles. The number of anilines is 1. The van der Waals surface area contributed by atoms with E-state index in [1.807, 2.05) is 24.3 Å². The predicted molar refractivity (Wildman–Crippen MR) is 70.3 cm³/mol. The number of carbonyl (C=O) groups is 1. The Bertz CT molecular complexity index is 534. The molecule has 0 aliphatic rings. The summed E-state index contributed by atoms with van der Waals surface area (Å²) < 4.78 is 0. The van der Waals surface area contributed by atoms with E-state index in [0.717, 1.165) is 5.56 Å². The maximum atomic E-state index is 12.0. The van der Waals surface area contributed by atoms with Gasteiger partial charge >= 0.3 is 0 Å². The maximum absolute atomic E-state index is 12.0. The van der Waals surface area contributed by atoms with Crippen LogP contribution in [0.15, 0.2) is 48.5 Å². The number of hydrogen-bond acceptors (Lipinski definition) is 2. The Morgan fingerprint density at radius 2 is 1.71 bits per heavy atom. The number of ketones is 1. The van der Waals surface area contributed by atoms with Crippen LogP contribution in [0.25, 0.3) is 0 Å². The summed E-state index contributed by atoms with van der Waals surface area (Å²) in [4.78, 5) is 12.0. The van der Waals surface area contributed by atoms with Crippen LogP contribution in [0, 0.1) is 0 Å². The molecule has 0 bridgehead atoms. The van der Waals surface area contributed by atoms with Gasteiger partial charge in [0.2, 0.25) is 0 Å². The van der Waals surface area contributed by atoms with Gasteiger partial charge in [0.05, 0.1) is 0 Å². The summed E-state index contributed by atoms with van der Waals surface area (Å²) in [6.45, 7) is 0. The van der Waals surface area contributed by atoms with Crippen molar-refractivity contribution in [3.63, 3.8) is 0 Å². The van der Waals surface area contributed by atoms with Crippen LogP contribution in [0.3, 0.4) is 0 Å². The van der Waals surface area contributed by atoms with Crippen molar-refractivity contribution in [2.75, 3.05) is 5.73 Å². The summed E-state index contributed by atoms with van der Waals surface area (Å²) in [5, 5.41) is 0.667. The number of Topliss-reactive ketones (excluding diaryl/α,β-unsaturated/α-hetero) is 1. The highest BCUT2D eigenvalue weighted by molar-refractivity contribution is 6.30. The second-order valence-corrected chi connectivity index (χ2v) is 4.25. The number of hydrogen-bond donors (Lipinski definition) is 1. The molecule has 2 nitrogen and oxygen atoms in total. The fourth-order valence-corrected chi connectivity index (χ4v) is 1.76. The minimum Gasteiger partial charge on any atom is -0.398 e. The molecule has 2 rings (SSSR count). The van der Waals surface area contributed by atoms with Crippen molar-refractivity contribution in [1.29, 1.82) is 0 Å². The van der Waals surface area contributed by atoms with Crippen LogP contribution in [0.4, 0.5) is 5.69 Å². The topological polar surface area (TPSA) is 43.1 Å². The van der Waals surface area contributed by atoms with Crippen molar-refractivity contribution in [1.82, 2.24) is 0 Å². The largest absolute Gasteiger partial charge is 0.398 e. The number of nitrogens with two attached hydrogens (primary N) is 1. The van der Waals surface area contributed by atoms with E-state index < -0.39 is 0 Å². The zero-order chi connectivity index (χ0) is 12.3. The third-order valence-electron chi connectivity index (χ3n) is 2.54. The highest BCUT2D eigenvalue weighted by atomic mass is 35.5. The van der Waals surface area contributed by atoms with Gasteiger partial charge in [0.25, 0.3) is 0 Å². The maximum Gasteiger partial charge on any atom is 0.169 e. The molecular formula is C14H12ClNO. The van der Waals surface area contributed by atoms with E-state index in [4.69, 9.17) is 17.3 Å². The average Bonchev–Trinajstić information content (AvgIpc) is 2.32. The summed E-state index contributed by atoms with van der Waals surface area (Å²) in [7, 11) is 0. The Morgan fingerprint density at radius 3 is 2.35 bits per heavy atom. The van der Waals surface area contributed by atoms with Crippen LogP contribution in [-0.4, -0.2) is 5.78 Å². The van der Waals surface area contributed by atoms with E-state index >= 15 is 0 Å². The summed E-state index contributed by atoms with van der Waals surface area (Å²) in [6.07, 6.45) is 0.339. The first-order valence-electron chi connectivity index (χ1n) is 5.29. The highest BCUT2D eigenvalue weighted by Crippen LogP contribution is 2.15. The molecule has 0 atom stereocenters. The van der Waals surface area contributed by atoms with E-state index in [2.05, 4.69) is 0 Å². The van der Waals surface area contributed by atoms with Crippen LogP contribution in [0.5, 0.6) is 0 Å². The van der Waals surface area contributed by atoms with Gasteiger partial charge in [0.15, 0.2) is 5.78 Å². The average molecular weight is 246 g/mol. The lowest BCUT2D eigenvalue weighted by atomic mass is 10.0. The Kier molecular flexibility index (Phi) is 3.45. The Labute approximate surface area is 105 Å². The van der Waals surface area contributed by atoms with Gasteiger partial charge in [-0.3, -0.25) is 4.79 Å². The first-order chi connectivity index (χ1) is 8.16. The lowest BCUT2D eigenvalue weighted by molar-refractivity contribution is 0.0994. The number of para-hydroxylation sites is 1. The van der Waals surface area contributed by atoms with Gasteiger partial charge in [-0.1, -0.05) is 35.9 Å². The van der Waals surface area contributed by atoms with Crippen LogP contribution < -0.4 is 5.73 Å². The highest BCUT2D eigenvalue weighted by Gasteiger charge is 2.09. The lowest BCUT2D eigenvalue weighted by Crippen LogP contribution is -2.06. The Balaban J connectivity index is 2.17. The second-order valence-electron chi connectivity index (χ2n) is 3.81. The minimum atomic E-state index is 0.0189. The molecule has 0 heterocycles. The van der Waals surface area contributed by atoms with Crippen molar-refractivity contribution >= 4 is 23.1 Å². The van der Waals surface area contributed by atoms with Gasteiger partial charge in [-0.25, -0.2) is 0 Å². The molecule has 0 radical (unpaired) electrons. The number of benzene rings is 2. The molecule has 0 amide bonds. The lowest BCUT2D eigenvalue weighted by Gasteiger charge is -2.04. The molecule has 3 heteroatoms. The van der Waals surface area contributed by atoms with Crippen molar-refractivity contribution in [3.05, 3.63) is 64.7 Å². The molecule has 86 valence electrons. The van der Waals surface area contributed by atoms with Crippen LogP contribution in [0.1, 0.15) is 15.9 Å². The minimum absolute atomic E-state index is 0.0189. The third-order valence-corrected chi connectivity index (χ3v) is 2.79. The number of carbonyl (C=O) groups excluding carboxylic acids is 1. The van der Waals surface area contributed by atoms with Gasteiger partial charge < -0.3 is 5.73 Å². The van der Waals surface area contributed by atoms with E-state index in [9.17, 15) is 4.79 Å². The predicted octanol–water partition coefficient (Wildman–Crippen LogP) is 3.35. The zero-order valence-electron chi connectivity index (χ0n) is 9.19. The fourth-order valence-electron chi connectivity index (χ4n) is 1.63. The molecule has 2 aromatic rings. The van der Waals surface area contributed by atoms with Gasteiger partial charge in [-0.05, 0) is 29.8 Å². The van der Waals surface area contributed by atoms with Gasteiger partial charge in [-0.15, -0.1) is 0 Å². The number of rotatable bonds is 3. The Hall–Kier alpha value is -1.80. The van der Waals surface area contributed by atoms with Crippen LogP contribution in [0.2, 0.25) is 5.02 Å². The summed E-state index contributed by atoms with van der Waals surface area (Å²) in [5.41, 5.74) is 7.78. The third kappa shape index (κ3) is 2.86.